The number of fused-ring (bicyclic) bond motifs is 1. The van der Waals surface area contributed by atoms with Crippen LogP contribution in [0.5, 0.6) is 0 Å². The topological polar surface area (TPSA) is 64.0 Å². The molecular formula is C20H23N3O2S. The zero-order valence-corrected chi connectivity index (χ0v) is 16.0. The molecule has 0 aliphatic heterocycles. The Morgan fingerprint density at radius 2 is 1.92 bits per heavy atom. The Hall–Kier alpha value is -2.47. The van der Waals surface area contributed by atoms with E-state index in [0.717, 1.165) is 12.0 Å². The Morgan fingerprint density at radius 3 is 2.62 bits per heavy atom. The Labute approximate surface area is 156 Å². The van der Waals surface area contributed by atoms with Crippen LogP contribution in [0.4, 0.5) is 0 Å². The first-order valence-corrected chi connectivity index (χ1v) is 9.63. The highest BCUT2D eigenvalue weighted by atomic mass is 32.1. The summed E-state index contributed by atoms with van der Waals surface area (Å²) in [5, 5.41) is 5.33. The summed E-state index contributed by atoms with van der Waals surface area (Å²) in [6, 6.07) is 9.93. The van der Waals surface area contributed by atoms with Gasteiger partial charge in [0, 0.05) is 0 Å². The van der Waals surface area contributed by atoms with Crippen molar-refractivity contribution >= 4 is 27.5 Å². The van der Waals surface area contributed by atoms with Crippen molar-refractivity contribution < 1.29 is 4.79 Å². The summed E-state index contributed by atoms with van der Waals surface area (Å²) < 4.78 is 1.35. The van der Waals surface area contributed by atoms with E-state index in [1.165, 1.54) is 27.8 Å². The molecule has 0 aliphatic carbocycles. The average molecular weight is 369 g/mol. The van der Waals surface area contributed by atoms with Crippen molar-refractivity contribution in [3.05, 3.63) is 63.5 Å². The molecule has 0 saturated heterocycles. The lowest BCUT2D eigenvalue weighted by Gasteiger charge is -2.16. The molecular weight excluding hydrogens is 346 g/mol. The fourth-order valence-corrected chi connectivity index (χ4v) is 3.67. The van der Waals surface area contributed by atoms with Crippen LogP contribution in [0.2, 0.25) is 0 Å². The first-order valence-electron chi connectivity index (χ1n) is 8.75. The number of hydrogen-bond acceptors (Lipinski definition) is 4. The molecule has 6 heteroatoms. The summed E-state index contributed by atoms with van der Waals surface area (Å²) in [6.45, 7) is 6.30. The van der Waals surface area contributed by atoms with Crippen LogP contribution < -0.4 is 10.9 Å². The third kappa shape index (κ3) is 4.19. The number of hydrogen-bond donors (Lipinski definition) is 1. The highest BCUT2D eigenvalue weighted by molar-refractivity contribution is 7.16. The van der Waals surface area contributed by atoms with Gasteiger partial charge < -0.3 is 5.32 Å². The van der Waals surface area contributed by atoms with Gasteiger partial charge in [0.2, 0.25) is 5.91 Å². The summed E-state index contributed by atoms with van der Waals surface area (Å²) in [5.41, 5.74) is 2.16. The second-order valence-electron chi connectivity index (χ2n) is 6.95. The van der Waals surface area contributed by atoms with Gasteiger partial charge in [0.05, 0.1) is 17.8 Å². The van der Waals surface area contributed by atoms with Gasteiger partial charge in [-0.25, -0.2) is 4.98 Å². The third-order valence-corrected chi connectivity index (χ3v) is 5.09. The molecule has 0 bridgehead atoms. The largest absolute Gasteiger partial charge is 0.348 e. The minimum absolute atomic E-state index is 0.0343. The fourth-order valence-electron chi connectivity index (χ4n) is 2.94. The molecule has 2 aromatic heterocycles. The number of carbonyl (C=O) groups excluding carboxylic acids is 1. The maximum Gasteiger partial charge on any atom is 0.262 e. The van der Waals surface area contributed by atoms with E-state index in [0.29, 0.717) is 16.1 Å². The highest BCUT2D eigenvalue weighted by Crippen LogP contribution is 2.16. The van der Waals surface area contributed by atoms with Gasteiger partial charge in [0.1, 0.15) is 11.4 Å². The lowest BCUT2D eigenvalue weighted by molar-refractivity contribution is -0.122. The minimum Gasteiger partial charge on any atom is -0.348 e. The molecule has 1 atom stereocenters. The van der Waals surface area contributed by atoms with Gasteiger partial charge in [-0.1, -0.05) is 38.1 Å². The quantitative estimate of drug-likeness (QED) is 0.723. The summed E-state index contributed by atoms with van der Waals surface area (Å²) in [7, 11) is 0. The zero-order valence-electron chi connectivity index (χ0n) is 15.2. The number of nitrogens with one attached hydrogen (secondary N) is 1. The predicted octanol–water partition coefficient (Wildman–Crippen LogP) is 3.53. The minimum atomic E-state index is -0.206. The molecule has 0 radical (unpaired) electrons. The molecule has 136 valence electrons. The van der Waals surface area contributed by atoms with Crippen molar-refractivity contribution in [2.75, 3.05) is 0 Å². The molecule has 1 aromatic carbocycles. The second-order valence-corrected chi connectivity index (χ2v) is 7.84. The second kappa shape index (κ2) is 7.83. The van der Waals surface area contributed by atoms with Crippen LogP contribution in [0.3, 0.4) is 0 Å². The van der Waals surface area contributed by atoms with Gasteiger partial charge in [-0.2, -0.15) is 0 Å². The molecule has 3 aromatic rings. The maximum atomic E-state index is 12.4. The van der Waals surface area contributed by atoms with Gasteiger partial charge in [-0.15, -0.1) is 11.3 Å². The van der Waals surface area contributed by atoms with E-state index in [1.807, 2.05) is 24.4 Å². The van der Waals surface area contributed by atoms with Crippen LogP contribution in [0, 0.1) is 5.92 Å². The molecule has 26 heavy (non-hydrogen) atoms. The lowest BCUT2D eigenvalue weighted by atomic mass is 10.00. The molecule has 1 N–H and O–H groups in total. The van der Waals surface area contributed by atoms with Gasteiger partial charge in [0.15, 0.2) is 0 Å². The average Bonchev–Trinajstić information content (AvgIpc) is 3.07. The monoisotopic (exact) mass is 369 g/mol. The Morgan fingerprint density at radius 1 is 1.19 bits per heavy atom. The Balaban J connectivity index is 1.65. The van der Waals surface area contributed by atoms with Gasteiger partial charge >= 0.3 is 0 Å². The standard InChI is InChI=1S/C20H23N3O2S/c1-13(2)10-15-4-6-16(7-5-15)14(3)22-18(24)11-23-12-21-19-17(20(23)25)8-9-26-19/h4-9,12-14H,10-11H2,1-3H3,(H,22,24)/t14-/m0/s1. The van der Waals surface area contributed by atoms with Crippen molar-refractivity contribution in [3.63, 3.8) is 0 Å². The zero-order chi connectivity index (χ0) is 18.7. The van der Waals surface area contributed by atoms with Crippen LogP contribution in [0.25, 0.3) is 10.2 Å². The summed E-state index contributed by atoms with van der Waals surface area (Å²) in [5.74, 6) is 0.410. The SMILES string of the molecule is CC(C)Cc1ccc([C@H](C)NC(=O)Cn2cnc3sccc3c2=O)cc1. The molecule has 3 rings (SSSR count). The number of benzene rings is 1. The number of aromatic nitrogens is 2. The van der Waals surface area contributed by atoms with Gasteiger partial charge in [-0.3, -0.25) is 14.2 Å². The summed E-state index contributed by atoms with van der Waals surface area (Å²) in [6.07, 6.45) is 2.48. The predicted molar refractivity (Wildman–Crippen MR) is 105 cm³/mol. The van der Waals surface area contributed by atoms with E-state index >= 15 is 0 Å². The van der Waals surface area contributed by atoms with Crippen LogP contribution in [-0.4, -0.2) is 15.5 Å². The van der Waals surface area contributed by atoms with Crippen molar-refractivity contribution in [2.24, 2.45) is 5.92 Å². The molecule has 0 spiro atoms. The normalized spacial score (nSPS) is 12.5. The molecule has 0 fully saturated rings. The number of thiophene rings is 1. The third-order valence-electron chi connectivity index (χ3n) is 4.27. The van der Waals surface area contributed by atoms with E-state index in [2.05, 4.69) is 36.3 Å². The van der Waals surface area contributed by atoms with Crippen molar-refractivity contribution in [3.8, 4) is 0 Å². The van der Waals surface area contributed by atoms with E-state index in [1.54, 1.807) is 6.07 Å². The molecule has 1 amide bonds. The van der Waals surface area contributed by atoms with Gasteiger partial charge in [-0.05, 0) is 41.8 Å². The molecule has 0 unspecified atom stereocenters. The first kappa shape index (κ1) is 18.3. The fraction of sp³-hybridized carbons (Fsp3) is 0.350. The van der Waals surface area contributed by atoms with Crippen LogP contribution in [-0.2, 0) is 17.8 Å². The first-order chi connectivity index (χ1) is 12.4. The summed E-state index contributed by atoms with van der Waals surface area (Å²) in [4.78, 5) is 29.6. The van der Waals surface area contributed by atoms with Crippen LogP contribution >= 0.6 is 11.3 Å². The number of rotatable bonds is 6. The Bertz CT molecular complexity index is 957. The number of nitrogens with zero attached hydrogens (tertiary/aromatic N) is 2. The molecule has 0 saturated carbocycles. The van der Waals surface area contributed by atoms with Crippen molar-refractivity contribution in [1.29, 1.82) is 0 Å². The van der Waals surface area contributed by atoms with E-state index in [-0.39, 0.29) is 24.1 Å². The van der Waals surface area contributed by atoms with Crippen molar-refractivity contribution in [2.45, 2.75) is 39.8 Å². The molecule has 2 heterocycles. The molecule has 0 aliphatic rings. The smallest absolute Gasteiger partial charge is 0.262 e. The lowest BCUT2D eigenvalue weighted by Crippen LogP contribution is -2.33. The summed E-state index contributed by atoms with van der Waals surface area (Å²) >= 11 is 1.42. The van der Waals surface area contributed by atoms with Crippen LogP contribution in [0.1, 0.15) is 37.9 Å². The van der Waals surface area contributed by atoms with E-state index < -0.39 is 0 Å². The highest BCUT2D eigenvalue weighted by Gasteiger charge is 2.12. The molecule has 5 nitrogen and oxygen atoms in total. The number of amides is 1. The van der Waals surface area contributed by atoms with E-state index in [4.69, 9.17) is 0 Å². The maximum absolute atomic E-state index is 12.4. The van der Waals surface area contributed by atoms with Crippen molar-refractivity contribution in [1.82, 2.24) is 14.9 Å². The van der Waals surface area contributed by atoms with Gasteiger partial charge in [0.25, 0.3) is 5.56 Å². The Kier molecular flexibility index (Phi) is 5.52. The van der Waals surface area contributed by atoms with E-state index in [9.17, 15) is 9.59 Å². The number of carbonyl (C=O) groups is 1. The van der Waals surface area contributed by atoms with Crippen LogP contribution in [0.15, 0.2) is 46.8 Å².